The van der Waals surface area contributed by atoms with Gasteiger partial charge in [-0.15, -0.1) is 0 Å². The minimum absolute atomic E-state index is 0.284. The molecule has 6 nitrogen and oxygen atoms in total. The molecular formula is C14H24N4O2S. The zero-order valence-corrected chi connectivity index (χ0v) is 13.2. The van der Waals surface area contributed by atoms with Gasteiger partial charge in [-0.05, 0) is 19.3 Å². The zero-order chi connectivity index (χ0) is 14.9. The van der Waals surface area contributed by atoms with E-state index in [2.05, 4.69) is 9.71 Å². The number of hydrogen-bond acceptors (Lipinski definition) is 4. The Morgan fingerprint density at radius 2 is 1.95 bits per heavy atom. The van der Waals surface area contributed by atoms with Crippen molar-refractivity contribution in [3.8, 4) is 0 Å². The molecule has 1 fully saturated rings. The van der Waals surface area contributed by atoms with Crippen LogP contribution in [0.2, 0.25) is 0 Å². The van der Waals surface area contributed by atoms with Crippen molar-refractivity contribution in [3.63, 3.8) is 0 Å². The van der Waals surface area contributed by atoms with Gasteiger partial charge in [0.05, 0.1) is 6.20 Å². The summed E-state index contributed by atoms with van der Waals surface area (Å²) in [7, 11) is -3.52. The van der Waals surface area contributed by atoms with Gasteiger partial charge in [0, 0.05) is 25.0 Å². The first-order valence-electron chi connectivity index (χ1n) is 7.83. The van der Waals surface area contributed by atoms with Crippen molar-refractivity contribution >= 4 is 10.0 Å². The maximum Gasteiger partial charge on any atom is 0.257 e. The average Bonchev–Trinajstić information content (AvgIpc) is 2.97. The molecule has 0 saturated heterocycles. The second-order valence-corrected chi connectivity index (χ2v) is 8.08. The van der Waals surface area contributed by atoms with Crippen LogP contribution in [0.1, 0.15) is 50.8 Å². The first-order chi connectivity index (χ1) is 10.0. The topological polar surface area (TPSA) is 90.0 Å². The summed E-state index contributed by atoms with van der Waals surface area (Å²) in [5, 5.41) is 0.284. The molecule has 7 heteroatoms. The molecule has 1 saturated carbocycles. The van der Waals surface area contributed by atoms with Gasteiger partial charge >= 0.3 is 0 Å². The highest BCUT2D eigenvalue weighted by Crippen LogP contribution is 2.25. The molecule has 1 aromatic rings. The number of nitrogens with one attached hydrogen (secondary N) is 1. The second kappa shape index (κ2) is 5.70. The van der Waals surface area contributed by atoms with Crippen molar-refractivity contribution in [1.29, 1.82) is 0 Å². The molecule has 2 heterocycles. The third kappa shape index (κ3) is 3.14. The molecule has 0 aromatic carbocycles. The normalized spacial score (nSPS) is 22.0. The van der Waals surface area contributed by atoms with Crippen molar-refractivity contribution in [2.24, 2.45) is 5.73 Å². The van der Waals surface area contributed by atoms with E-state index in [1.165, 1.54) is 19.0 Å². The number of aryl methyl sites for hydroxylation is 1. The summed E-state index contributed by atoms with van der Waals surface area (Å²) in [6.45, 7) is 1.05. The SMILES string of the molecule is NC1(CNS(=O)(=O)c2cnc3n2CCC3)CCCCCC1. The average molecular weight is 312 g/mol. The van der Waals surface area contributed by atoms with Crippen LogP contribution < -0.4 is 10.5 Å². The lowest BCUT2D eigenvalue weighted by Crippen LogP contribution is -2.49. The molecule has 21 heavy (non-hydrogen) atoms. The van der Waals surface area contributed by atoms with Gasteiger partial charge in [0.2, 0.25) is 0 Å². The van der Waals surface area contributed by atoms with E-state index in [0.29, 0.717) is 6.54 Å². The molecule has 2 aliphatic rings. The van der Waals surface area contributed by atoms with E-state index in [9.17, 15) is 8.42 Å². The highest BCUT2D eigenvalue weighted by Gasteiger charge is 2.30. The molecule has 0 radical (unpaired) electrons. The third-order valence-corrected chi connectivity index (χ3v) is 6.07. The number of aromatic nitrogens is 2. The first kappa shape index (κ1) is 15.0. The molecule has 0 bridgehead atoms. The van der Waals surface area contributed by atoms with Gasteiger partial charge in [-0.2, -0.15) is 0 Å². The molecule has 1 aromatic heterocycles. The Balaban J connectivity index is 1.71. The van der Waals surface area contributed by atoms with E-state index >= 15 is 0 Å². The fourth-order valence-electron chi connectivity index (χ4n) is 3.37. The maximum atomic E-state index is 12.5. The van der Waals surface area contributed by atoms with E-state index in [4.69, 9.17) is 5.73 Å². The Labute approximate surface area is 126 Å². The van der Waals surface area contributed by atoms with Gasteiger partial charge in [0.15, 0.2) is 5.03 Å². The number of nitrogens with two attached hydrogens (primary N) is 1. The van der Waals surface area contributed by atoms with Crippen molar-refractivity contribution in [3.05, 3.63) is 12.0 Å². The van der Waals surface area contributed by atoms with Gasteiger partial charge in [0.25, 0.3) is 10.0 Å². The fourth-order valence-corrected chi connectivity index (χ4v) is 4.67. The largest absolute Gasteiger partial charge is 0.324 e. The van der Waals surface area contributed by atoms with Crippen LogP contribution in [0.5, 0.6) is 0 Å². The van der Waals surface area contributed by atoms with Gasteiger partial charge in [0.1, 0.15) is 5.82 Å². The summed E-state index contributed by atoms with van der Waals surface area (Å²) in [5.41, 5.74) is 5.98. The summed E-state index contributed by atoms with van der Waals surface area (Å²) >= 11 is 0. The second-order valence-electron chi connectivity index (χ2n) is 6.37. The minimum Gasteiger partial charge on any atom is -0.324 e. The predicted molar refractivity (Wildman–Crippen MR) is 80.4 cm³/mol. The standard InChI is InChI=1S/C14H24N4O2S/c15-14(7-3-1-2-4-8-14)11-17-21(19,20)13-10-16-12-6-5-9-18(12)13/h10,17H,1-9,11,15H2. The van der Waals surface area contributed by atoms with Gasteiger partial charge in [-0.3, -0.25) is 0 Å². The predicted octanol–water partition coefficient (Wildman–Crippen LogP) is 1.16. The van der Waals surface area contributed by atoms with Crippen molar-refractivity contribution in [1.82, 2.24) is 14.3 Å². The molecule has 118 valence electrons. The number of imidazole rings is 1. The Kier molecular flexibility index (Phi) is 4.07. The Bertz CT molecular complexity index is 600. The number of nitrogens with zero attached hydrogens (tertiary/aromatic N) is 2. The van der Waals surface area contributed by atoms with Crippen LogP contribution >= 0.6 is 0 Å². The van der Waals surface area contributed by atoms with Gasteiger partial charge < -0.3 is 10.3 Å². The Hall–Kier alpha value is -0.920. The summed E-state index contributed by atoms with van der Waals surface area (Å²) < 4.78 is 29.5. The molecule has 0 atom stereocenters. The molecule has 3 N–H and O–H groups in total. The lowest BCUT2D eigenvalue weighted by atomic mass is 9.92. The Morgan fingerprint density at radius 3 is 2.67 bits per heavy atom. The maximum absolute atomic E-state index is 12.5. The van der Waals surface area contributed by atoms with Crippen LogP contribution in [0.3, 0.4) is 0 Å². The third-order valence-electron chi connectivity index (χ3n) is 4.67. The highest BCUT2D eigenvalue weighted by molar-refractivity contribution is 7.89. The van der Waals surface area contributed by atoms with E-state index < -0.39 is 15.6 Å². The van der Waals surface area contributed by atoms with Crippen LogP contribution in [0.4, 0.5) is 0 Å². The zero-order valence-electron chi connectivity index (χ0n) is 12.3. The van der Waals surface area contributed by atoms with Crippen molar-refractivity contribution in [2.45, 2.75) is 68.5 Å². The monoisotopic (exact) mass is 312 g/mol. The molecule has 0 spiro atoms. The quantitative estimate of drug-likeness (QED) is 0.816. The van der Waals surface area contributed by atoms with E-state index in [-0.39, 0.29) is 5.03 Å². The molecule has 1 aliphatic carbocycles. The van der Waals surface area contributed by atoms with Crippen LogP contribution in [0.15, 0.2) is 11.2 Å². The van der Waals surface area contributed by atoms with Crippen LogP contribution in [-0.4, -0.2) is 30.1 Å². The summed E-state index contributed by atoms with van der Waals surface area (Å²) in [5.74, 6) is 0.868. The lowest BCUT2D eigenvalue weighted by molar-refractivity contribution is 0.368. The lowest BCUT2D eigenvalue weighted by Gasteiger charge is -2.28. The molecule has 3 rings (SSSR count). The van der Waals surface area contributed by atoms with Crippen molar-refractivity contribution in [2.75, 3.05) is 6.54 Å². The van der Waals surface area contributed by atoms with Crippen molar-refractivity contribution < 1.29 is 8.42 Å². The minimum atomic E-state index is -3.52. The van der Waals surface area contributed by atoms with Crippen LogP contribution in [0.25, 0.3) is 0 Å². The number of fused-ring (bicyclic) bond motifs is 1. The molecule has 1 aliphatic heterocycles. The van der Waals surface area contributed by atoms with E-state index in [1.807, 2.05) is 0 Å². The number of rotatable bonds is 4. The van der Waals surface area contributed by atoms with E-state index in [0.717, 1.165) is 50.9 Å². The highest BCUT2D eigenvalue weighted by atomic mass is 32.2. The van der Waals surface area contributed by atoms with E-state index in [1.54, 1.807) is 4.57 Å². The number of sulfonamides is 1. The summed E-state index contributed by atoms with van der Waals surface area (Å²) in [6.07, 6.45) is 9.63. The van der Waals surface area contributed by atoms with Crippen LogP contribution in [-0.2, 0) is 23.0 Å². The van der Waals surface area contributed by atoms with Crippen LogP contribution in [0, 0.1) is 0 Å². The molecule has 0 unspecified atom stereocenters. The van der Waals surface area contributed by atoms with Gasteiger partial charge in [-0.1, -0.05) is 25.7 Å². The fraction of sp³-hybridized carbons (Fsp3) is 0.786. The first-order valence-corrected chi connectivity index (χ1v) is 9.32. The molecular weight excluding hydrogens is 288 g/mol. The molecule has 0 amide bonds. The smallest absolute Gasteiger partial charge is 0.257 e. The summed E-state index contributed by atoms with van der Waals surface area (Å²) in [6, 6.07) is 0. The summed E-state index contributed by atoms with van der Waals surface area (Å²) in [4.78, 5) is 4.20. The Morgan fingerprint density at radius 1 is 1.24 bits per heavy atom. The number of hydrogen-bond donors (Lipinski definition) is 2. The van der Waals surface area contributed by atoms with Gasteiger partial charge in [-0.25, -0.2) is 18.1 Å².